The van der Waals surface area contributed by atoms with E-state index in [1.807, 2.05) is 41.8 Å². The van der Waals surface area contributed by atoms with Gasteiger partial charge in [-0.1, -0.05) is 36.4 Å². The zero-order chi connectivity index (χ0) is 18.6. The van der Waals surface area contributed by atoms with Gasteiger partial charge >= 0.3 is 6.18 Å². The number of hydrogen-bond donors (Lipinski definition) is 1. The largest absolute Gasteiger partial charge is 0.416 e. The number of aromatic nitrogens is 1. The van der Waals surface area contributed by atoms with Crippen molar-refractivity contribution in [3.63, 3.8) is 0 Å². The molecule has 0 saturated heterocycles. The van der Waals surface area contributed by atoms with Crippen LogP contribution in [0.3, 0.4) is 0 Å². The summed E-state index contributed by atoms with van der Waals surface area (Å²) in [5, 5.41) is 14.4. The summed E-state index contributed by atoms with van der Waals surface area (Å²) < 4.78 is 38.3. The summed E-state index contributed by atoms with van der Waals surface area (Å²) in [7, 11) is 0. The fraction of sp³-hybridized carbons (Fsp3) is 0.0526. The maximum atomic E-state index is 12.8. The van der Waals surface area contributed by atoms with E-state index >= 15 is 0 Å². The number of alkyl halides is 3. The highest BCUT2D eigenvalue weighted by molar-refractivity contribution is 7.11. The molecular formula is C19H12F3N3S. The Hall–Kier alpha value is -3.11. The molecule has 1 aromatic heterocycles. The van der Waals surface area contributed by atoms with Crippen LogP contribution in [0.25, 0.3) is 16.8 Å². The lowest BCUT2D eigenvalue weighted by atomic mass is 10.2. The molecule has 3 rings (SSSR count). The predicted molar refractivity (Wildman–Crippen MR) is 96.2 cm³/mol. The molecule has 2 aromatic carbocycles. The number of hydrogen-bond acceptors (Lipinski definition) is 4. The normalized spacial score (nSPS) is 11.8. The van der Waals surface area contributed by atoms with Gasteiger partial charge in [-0.05, 0) is 18.2 Å². The average molecular weight is 371 g/mol. The van der Waals surface area contributed by atoms with Gasteiger partial charge in [-0.3, -0.25) is 0 Å². The van der Waals surface area contributed by atoms with Crippen LogP contribution in [-0.2, 0) is 6.18 Å². The van der Waals surface area contributed by atoms with Gasteiger partial charge in [0.05, 0.1) is 11.3 Å². The van der Waals surface area contributed by atoms with E-state index in [9.17, 15) is 18.4 Å². The number of nitrogens with one attached hydrogen (secondary N) is 1. The van der Waals surface area contributed by atoms with Crippen LogP contribution >= 0.6 is 11.3 Å². The van der Waals surface area contributed by atoms with Gasteiger partial charge < -0.3 is 5.32 Å². The second kappa shape index (κ2) is 7.42. The topological polar surface area (TPSA) is 48.7 Å². The Morgan fingerprint density at radius 1 is 1.12 bits per heavy atom. The summed E-state index contributed by atoms with van der Waals surface area (Å²) in [5.41, 5.74) is 1.40. The van der Waals surface area contributed by atoms with Crippen LogP contribution < -0.4 is 5.32 Å². The number of rotatable bonds is 4. The second-order valence-electron chi connectivity index (χ2n) is 5.30. The molecule has 26 heavy (non-hydrogen) atoms. The van der Waals surface area contributed by atoms with Gasteiger partial charge in [-0.15, -0.1) is 11.3 Å². The minimum absolute atomic E-state index is 0.243. The van der Waals surface area contributed by atoms with E-state index in [1.165, 1.54) is 29.7 Å². The van der Waals surface area contributed by atoms with E-state index < -0.39 is 11.7 Å². The highest BCUT2D eigenvalue weighted by Gasteiger charge is 2.30. The third kappa shape index (κ3) is 4.10. The first kappa shape index (κ1) is 17.7. The van der Waals surface area contributed by atoms with Gasteiger partial charge in [0, 0.05) is 22.8 Å². The van der Waals surface area contributed by atoms with Gasteiger partial charge in [-0.2, -0.15) is 18.4 Å². The average Bonchev–Trinajstić information content (AvgIpc) is 3.13. The first-order chi connectivity index (χ1) is 12.5. The minimum atomic E-state index is -4.42. The molecule has 1 N–H and O–H groups in total. The summed E-state index contributed by atoms with van der Waals surface area (Å²) in [6.07, 6.45) is -3.05. The molecule has 3 nitrogen and oxygen atoms in total. The van der Waals surface area contributed by atoms with Crippen molar-refractivity contribution < 1.29 is 13.2 Å². The van der Waals surface area contributed by atoms with Crippen LogP contribution in [0.15, 0.2) is 66.2 Å². The SMILES string of the molecule is N#C/C(=C\Nc1cccc(C(F)(F)F)c1)c1nc(-c2ccccc2)cs1. The molecule has 0 unspecified atom stereocenters. The van der Waals surface area contributed by atoms with E-state index in [1.54, 1.807) is 0 Å². The Kier molecular flexibility index (Phi) is 5.05. The number of anilines is 1. The van der Waals surface area contributed by atoms with Crippen molar-refractivity contribution in [2.45, 2.75) is 6.18 Å². The van der Waals surface area contributed by atoms with Crippen molar-refractivity contribution in [3.05, 3.63) is 76.7 Å². The standard InChI is InChI=1S/C19H12F3N3S/c20-19(21,22)15-7-4-8-16(9-15)24-11-14(10-23)18-25-17(12-26-18)13-5-2-1-3-6-13/h1-9,11-12,24H/b14-11+. The van der Waals surface area contributed by atoms with Crippen molar-refractivity contribution in [1.29, 1.82) is 5.26 Å². The van der Waals surface area contributed by atoms with Crippen molar-refractivity contribution in [3.8, 4) is 17.3 Å². The second-order valence-corrected chi connectivity index (χ2v) is 6.15. The maximum Gasteiger partial charge on any atom is 0.416 e. The lowest BCUT2D eigenvalue weighted by molar-refractivity contribution is -0.137. The molecule has 0 aliphatic carbocycles. The van der Waals surface area contributed by atoms with Gasteiger partial charge in [0.1, 0.15) is 16.6 Å². The van der Waals surface area contributed by atoms with Crippen LogP contribution in [0, 0.1) is 11.3 Å². The van der Waals surface area contributed by atoms with E-state index in [4.69, 9.17) is 0 Å². The van der Waals surface area contributed by atoms with E-state index in [-0.39, 0.29) is 11.3 Å². The molecule has 3 aromatic rings. The molecule has 7 heteroatoms. The van der Waals surface area contributed by atoms with Crippen LogP contribution in [0.2, 0.25) is 0 Å². The van der Waals surface area contributed by atoms with Gasteiger partial charge in [0.2, 0.25) is 0 Å². The maximum absolute atomic E-state index is 12.8. The van der Waals surface area contributed by atoms with Crippen molar-refractivity contribution in [2.24, 2.45) is 0 Å². The number of halogens is 3. The molecule has 0 fully saturated rings. The molecule has 0 saturated carbocycles. The molecule has 0 spiro atoms. The number of nitrogens with zero attached hydrogens (tertiary/aromatic N) is 2. The Balaban J connectivity index is 1.82. The van der Waals surface area contributed by atoms with Crippen LogP contribution in [0.1, 0.15) is 10.6 Å². The van der Waals surface area contributed by atoms with Crippen molar-refractivity contribution >= 4 is 22.6 Å². The number of nitriles is 1. The van der Waals surface area contributed by atoms with Crippen LogP contribution in [0.4, 0.5) is 18.9 Å². The molecule has 0 radical (unpaired) electrons. The molecular weight excluding hydrogens is 359 g/mol. The van der Waals surface area contributed by atoms with Gasteiger partial charge in [-0.25, -0.2) is 4.98 Å². The van der Waals surface area contributed by atoms with E-state index in [0.29, 0.717) is 5.01 Å². The predicted octanol–water partition coefficient (Wildman–Crippen LogP) is 5.81. The Morgan fingerprint density at radius 3 is 2.58 bits per heavy atom. The van der Waals surface area contributed by atoms with Crippen LogP contribution in [0.5, 0.6) is 0 Å². The lowest BCUT2D eigenvalue weighted by Gasteiger charge is -2.08. The smallest absolute Gasteiger partial charge is 0.360 e. The van der Waals surface area contributed by atoms with E-state index in [0.717, 1.165) is 23.4 Å². The number of thiazole rings is 1. The molecule has 130 valence electrons. The molecule has 0 bridgehead atoms. The molecule has 0 atom stereocenters. The summed E-state index contributed by atoms with van der Waals surface area (Å²) in [4.78, 5) is 4.43. The monoisotopic (exact) mass is 371 g/mol. The fourth-order valence-corrected chi connectivity index (χ4v) is 3.02. The van der Waals surface area contributed by atoms with Crippen LogP contribution in [-0.4, -0.2) is 4.98 Å². The minimum Gasteiger partial charge on any atom is -0.360 e. The summed E-state index contributed by atoms with van der Waals surface area (Å²) in [6, 6.07) is 16.3. The van der Waals surface area contributed by atoms with Gasteiger partial charge in [0.25, 0.3) is 0 Å². The summed E-state index contributed by atoms with van der Waals surface area (Å²) in [6.45, 7) is 0. The van der Waals surface area contributed by atoms with Gasteiger partial charge in [0.15, 0.2) is 0 Å². The fourth-order valence-electron chi connectivity index (χ4n) is 2.22. The Bertz CT molecular complexity index is 969. The van der Waals surface area contributed by atoms with Crippen molar-refractivity contribution in [1.82, 2.24) is 4.98 Å². The highest BCUT2D eigenvalue weighted by atomic mass is 32.1. The third-order valence-corrected chi connectivity index (χ3v) is 4.37. The van der Waals surface area contributed by atoms with E-state index in [2.05, 4.69) is 10.3 Å². The Labute approximate surface area is 152 Å². The van der Waals surface area contributed by atoms with Crippen molar-refractivity contribution in [2.75, 3.05) is 5.32 Å². The highest BCUT2D eigenvalue weighted by Crippen LogP contribution is 2.31. The quantitative estimate of drug-likeness (QED) is 0.589. The summed E-state index contributed by atoms with van der Waals surface area (Å²) >= 11 is 1.30. The Morgan fingerprint density at radius 2 is 1.88 bits per heavy atom. The molecule has 0 aliphatic rings. The zero-order valence-electron chi connectivity index (χ0n) is 13.3. The first-order valence-electron chi connectivity index (χ1n) is 7.53. The number of allylic oxidation sites excluding steroid dienone is 1. The molecule has 1 heterocycles. The molecule has 0 aliphatic heterocycles. The lowest BCUT2D eigenvalue weighted by Crippen LogP contribution is -2.05. The molecule has 0 amide bonds. The zero-order valence-corrected chi connectivity index (χ0v) is 14.1. The summed E-state index contributed by atoms with van der Waals surface area (Å²) in [5.74, 6) is 0. The third-order valence-electron chi connectivity index (χ3n) is 3.50. The number of benzene rings is 2. The first-order valence-corrected chi connectivity index (χ1v) is 8.41.